The van der Waals surface area contributed by atoms with Crippen LogP contribution in [0, 0.1) is 5.82 Å². The van der Waals surface area contributed by atoms with Gasteiger partial charge in [0.1, 0.15) is 5.82 Å². The van der Waals surface area contributed by atoms with Gasteiger partial charge >= 0.3 is 0 Å². The molecule has 3 aromatic rings. The summed E-state index contributed by atoms with van der Waals surface area (Å²) in [5, 5.41) is 5.69. The molecule has 0 bridgehead atoms. The summed E-state index contributed by atoms with van der Waals surface area (Å²) in [5.74, 6) is -0.300. The largest absolute Gasteiger partial charge is 0.313 e. The third-order valence-corrected chi connectivity index (χ3v) is 3.73. The van der Waals surface area contributed by atoms with Crippen LogP contribution in [0.25, 0.3) is 10.8 Å². The molecule has 0 saturated carbocycles. The van der Waals surface area contributed by atoms with E-state index in [2.05, 4.69) is 40.6 Å². The standard InChI is InChI=1S/C18H17FN2/c1-20-18(16-10-17(19)12-21-11-16)9-13-6-7-14-4-2-3-5-15(14)8-13/h2-8,10-12,18,20H,9H2,1H3. The lowest BCUT2D eigenvalue weighted by molar-refractivity contribution is 0.572. The van der Waals surface area contributed by atoms with Crippen molar-refractivity contribution in [2.75, 3.05) is 7.05 Å². The highest BCUT2D eigenvalue weighted by molar-refractivity contribution is 5.83. The smallest absolute Gasteiger partial charge is 0.141 e. The molecule has 0 amide bonds. The molecule has 0 aliphatic heterocycles. The van der Waals surface area contributed by atoms with Crippen LogP contribution >= 0.6 is 0 Å². The Labute approximate surface area is 123 Å². The van der Waals surface area contributed by atoms with E-state index in [0.717, 1.165) is 12.0 Å². The van der Waals surface area contributed by atoms with E-state index < -0.39 is 0 Å². The third-order valence-electron chi connectivity index (χ3n) is 3.73. The number of likely N-dealkylation sites (N-methyl/N-ethyl adjacent to an activating group) is 1. The number of nitrogens with one attached hydrogen (secondary N) is 1. The minimum absolute atomic E-state index is 0.0503. The molecule has 2 aromatic carbocycles. The van der Waals surface area contributed by atoms with Crippen LogP contribution in [0.5, 0.6) is 0 Å². The van der Waals surface area contributed by atoms with Crippen molar-refractivity contribution in [2.24, 2.45) is 0 Å². The number of fused-ring (bicyclic) bond motifs is 1. The summed E-state index contributed by atoms with van der Waals surface area (Å²) in [7, 11) is 1.89. The topological polar surface area (TPSA) is 24.9 Å². The Balaban J connectivity index is 1.88. The molecule has 0 saturated heterocycles. The fourth-order valence-electron chi connectivity index (χ4n) is 2.61. The number of aromatic nitrogens is 1. The molecule has 1 unspecified atom stereocenters. The summed E-state index contributed by atoms with van der Waals surface area (Å²) in [5.41, 5.74) is 2.09. The van der Waals surface area contributed by atoms with Crippen molar-refractivity contribution in [1.82, 2.24) is 10.3 Å². The van der Waals surface area contributed by atoms with Gasteiger partial charge in [-0.25, -0.2) is 4.39 Å². The van der Waals surface area contributed by atoms with Gasteiger partial charge in [-0.15, -0.1) is 0 Å². The van der Waals surface area contributed by atoms with Crippen molar-refractivity contribution in [1.29, 1.82) is 0 Å². The predicted octanol–water partition coefficient (Wildman–Crippen LogP) is 3.88. The van der Waals surface area contributed by atoms with Crippen molar-refractivity contribution in [3.8, 4) is 0 Å². The fourth-order valence-corrected chi connectivity index (χ4v) is 2.61. The van der Waals surface area contributed by atoms with E-state index in [0.29, 0.717) is 0 Å². The van der Waals surface area contributed by atoms with Gasteiger partial charge in [-0.05, 0) is 41.4 Å². The highest BCUT2D eigenvalue weighted by Gasteiger charge is 2.11. The molecule has 1 N–H and O–H groups in total. The maximum atomic E-state index is 13.3. The van der Waals surface area contributed by atoms with Gasteiger partial charge in [0.25, 0.3) is 0 Å². The number of benzene rings is 2. The molecule has 3 rings (SSSR count). The highest BCUT2D eigenvalue weighted by Crippen LogP contribution is 2.21. The molecular formula is C18H17FN2. The fraction of sp³-hybridized carbons (Fsp3) is 0.167. The van der Waals surface area contributed by atoms with Crippen LogP contribution in [-0.4, -0.2) is 12.0 Å². The van der Waals surface area contributed by atoms with E-state index in [9.17, 15) is 4.39 Å². The number of rotatable bonds is 4. The van der Waals surface area contributed by atoms with Gasteiger partial charge in [0.05, 0.1) is 6.20 Å². The lowest BCUT2D eigenvalue weighted by Crippen LogP contribution is -2.19. The van der Waals surface area contributed by atoms with E-state index in [1.54, 1.807) is 6.20 Å². The quantitative estimate of drug-likeness (QED) is 0.784. The molecule has 1 heterocycles. The van der Waals surface area contributed by atoms with Crippen molar-refractivity contribution in [2.45, 2.75) is 12.5 Å². The average Bonchev–Trinajstić information content (AvgIpc) is 2.52. The van der Waals surface area contributed by atoms with E-state index in [1.165, 1.54) is 28.6 Å². The van der Waals surface area contributed by atoms with Gasteiger partial charge in [-0.2, -0.15) is 0 Å². The van der Waals surface area contributed by atoms with Gasteiger partial charge in [0.2, 0.25) is 0 Å². The summed E-state index contributed by atoms with van der Waals surface area (Å²) in [6, 6.07) is 16.3. The summed E-state index contributed by atoms with van der Waals surface area (Å²) < 4.78 is 13.3. The first-order valence-corrected chi connectivity index (χ1v) is 7.01. The van der Waals surface area contributed by atoms with Crippen LogP contribution in [0.2, 0.25) is 0 Å². The van der Waals surface area contributed by atoms with Crippen LogP contribution < -0.4 is 5.32 Å². The molecule has 3 heteroatoms. The first kappa shape index (κ1) is 13.7. The predicted molar refractivity (Wildman–Crippen MR) is 83.6 cm³/mol. The molecule has 1 aromatic heterocycles. The van der Waals surface area contributed by atoms with Crippen LogP contribution in [0.1, 0.15) is 17.2 Å². The van der Waals surface area contributed by atoms with Crippen LogP contribution in [0.3, 0.4) is 0 Å². The van der Waals surface area contributed by atoms with Crippen molar-refractivity contribution in [3.63, 3.8) is 0 Å². The Hall–Kier alpha value is -2.26. The lowest BCUT2D eigenvalue weighted by Gasteiger charge is -2.16. The zero-order valence-corrected chi connectivity index (χ0v) is 11.9. The van der Waals surface area contributed by atoms with E-state index in [-0.39, 0.29) is 11.9 Å². The molecule has 21 heavy (non-hydrogen) atoms. The van der Waals surface area contributed by atoms with Gasteiger partial charge in [-0.1, -0.05) is 42.5 Å². The number of nitrogens with zero attached hydrogens (tertiary/aromatic N) is 1. The SMILES string of the molecule is CNC(Cc1ccc2ccccc2c1)c1cncc(F)c1. The summed E-state index contributed by atoms with van der Waals surface area (Å²) >= 11 is 0. The maximum absolute atomic E-state index is 13.3. The minimum atomic E-state index is -0.300. The molecular weight excluding hydrogens is 263 g/mol. The van der Waals surface area contributed by atoms with Crippen molar-refractivity contribution < 1.29 is 4.39 Å². The van der Waals surface area contributed by atoms with Crippen LogP contribution in [-0.2, 0) is 6.42 Å². The molecule has 0 fully saturated rings. The second kappa shape index (κ2) is 6.02. The number of halogens is 1. The van der Waals surface area contributed by atoms with Crippen molar-refractivity contribution in [3.05, 3.63) is 77.9 Å². The molecule has 1 atom stereocenters. The Morgan fingerprint density at radius 2 is 1.86 bits per heavy atom. The summed E-state index contributed by atoms with van der Waals surface area (Å²) in [6.07, 6.45) is 3.74. The maximum Gasteiger partial charge on any atom is 0.141 e. The van der Waals surface area contributed by atoms with Gasteiger partial charge < -0.3 is 5.32 Å². The molecule has 0 radical (unpaired) electrons. The minimum Gasteiger partial charge on any atom is -0.313 e. The zero-order valence-electron chi connectivity index (χ0n) is 11.9. The molecule has 0 aliphatic carbocycles. The zero-order chi connectivity index (χ0) is 14.7. The Kier molecular flexibility index (Phi) is 3.93. The summed E-state index contributed by atoms with van der Waals surface area (Å²) in [4.78, 5) is 3.93. The van der Waals surface area contributed by atoms with E-state index in [4.69, 9.17) is 0 Å². The van der Waals surface area contributed by atoms with Gasteiger partial charge in [0, 0.05) is 12.2 Å². The normalized spacial score (nSPS) is 12.5. The number of hydrogen-bond acceptors (Lipinski definition) is 2. The average molecular weight is 280 g/mol. The Morgan fingerprint density at radius 1 is 1.05 bits per heavy atom. The molecule has 106 valence electrons. The van der Waals surface area contributed by atoms with E-state index in [1.807, 2.05) is 19.2 Å². The van der Waals surface area contributed by atoms with Crippen LogP contribution in [0.15, 0.2) is 60.9 Å². The monoisotopic (exact) mass is 280 g/mol. The second-order valence-corrected chi connectivity index (χ2v) is 5.16. The Morgan fingerprint density at radius 3 is 2.62 bits per heavy atom. The van der Waals surface area contributed by atoms with Gasteiger partial charge in [0.15, 0.2) is 0 Å². The van der Waals surface area contributed by atoms with Crippen molar-refractivity contribution >= 4 is 10.8 Å². The Bertz CT molecular complexity index is 755. The number of hydrogen-bond donors (Lipinski definition) is 1. The third kappa shape index (κ3) is 3.09. The van der Waals surface area contributed by atoms with Crippen LogP contribution in [0.4, 0.5) is 4.39 Å². The molecule has 0 aliphatic rings. The molecule has 2 nitrogen and oxygen atoms in total. The second-order valence-electron chi connectivity index (χ2n) is 5.16. The van der Waals surface area contributed by atoms with E-state index >= 15 is 0 Å². The first-order valence-electron chi connectivity index (χ1n) is 7.01. The number of pyridine rings is 1. The summed E-state index contributed by atoms with van der Waals surface area (Å²) in [6.45, 7) is 0. The first-order chi connectivity index (χ1) is 10.3. The molecule has 0 spiro atoms. The lowest BCUT2D eigenvalue weighted by atomic mass is 9.98. The highest BCUT2D eigenvalue weighted by atomic mass is 19.1. The van der Waals surface area contributed by atoms with Gasteiger partial charge in [-0.3, -0.25) is 4.98 Å².